The highest BCUT2D eigenvalue weighted by Crippen LogP contribution is 2.22. The molecule has 0 aromatic heterocycles. The number of amides is 2. The highest BCUT2D eigenvalue weighted by atomic mass is 35.5. The fourth-order valence-electron chi connectivity index (χ4n) is 2.78. The third-order valence-corrected chi connectivity index (χ3v) is 3.70. The van der Waals surface area contributed by atoms with Gasteiger partial charge in [0, 0.05) is 19.0 Å². The second-order valence-electron chi connectivity index (χ2n) is 4.92. The first-order valence-corrected chi connectivity index (χ1v) is 6.52. The summed E-state index contributed by atoms with van der Waals surface area (Å²) in [7, 11) is 0. The number of rotatable bonds is 3. The number of nitrogens with two attached hydrogens (primary N) is 1. The summed E-state index contributed by atoms with van der Waals surface area (Å²) in [6.45, 7) is 1.43. The smallest absolute Gasteiger partial charge is 0.245 e. The van der Waals surface area contributed by atoms with Gasteiger partial charge in [0.05, 0.1) is 0 Å². The molecule has 6 heteroatoms. The summed E-state index contributed by atoms with van der Waals surface area (Å²) >= 11 is 0. The van der Waals surface area contributed by atoms with Gasteiger partial charge < -0.3 is 16.0 Å². The Morgan fingerprint density at radius 2 is 2.17 bits per heavy atom. The molecule has 2 heterocycles. The number of halogens is 1. The van der Waals surface area contributed by atoms with Gasteiger partial charge in [0.15, 0.2) is 0 Å². The van der Waals surface area contributed by atoms with Crippen molar-refractivity contribution < 1.29 is 9.59 Å². The zero-order valence-electron chi connectivity index (χ0n) is 10.6. The summed E-state index contributed by atoms with van der Waals surface area (Å²) in [5.74, 6) is 0.0877. The van der Waals surface area contributed by atoms with Crippen molar-refractivity contribution in [2.45, 2.75) is 50.6 Å². The van der Waals surface area contributed by atoms with E-state index in [1.54, 1.807) is 0 Å². The number of nitrogens with one attached hydrogen (secondary N) is 1. The molecule has 5 nitrogen and oxygen atoms in total. The van der Waals surface area contributed by atoms with Crippen molar-refractivity contribution in [2.75, 3.05) is 13.1 Å². The van der Waals surface area contributed by atoms with Gasteiger partial charge in [-0.1, -0.05) is 0 Å². The van der Waals surface area contributed by atoms with Gasteiger partial charge in [0.2, 0.25) is 11.8 Å². The summed E-state index contributed by atoms with van der Waals surface area (Å²) in [6.07, 6.45) is 5.27. The lowest BCUT2D eigenvalue weighted by molar-refractivity contribution is -0.137. The van der Waals surface area contributed by atoms with Crippen LogP contribution >= 0.6 is 12.4 Å². The molecule has 2 fully saturated rings. The molecule has 2 aliphatic rings. The van der Waals surface area contributed by atoms with Crippen molar-refractivity contribution in [3.63, 3.8) is 0 Å². The van der Waals surface area contributed by atoms with E-state index in [0.29, 0.717) is 19.4 Å². The predicted molar refractivity (Wildman–Crippen MR) is 71.4 cm³/mol. The van der Waals surface area contributed by atoms with Crippen LogP contribution in [0.2, 0.25) is 0 Å². The number of carbonyl (C=O) groups excluding carboxylic acids is 2. The van der Waals surface area contributed by atoms with Crippen molar-refractivity contribution in [1.29, 1.82) is 0 Å². The van der Waals surface area contributed by atoms with Gasteiger partial charge in [-0.25, -0.2) is 0 Å². The van der Waals surface area contributed by atoms with E-state index in [1.807, 2.05) is 4.90 Å². The van der Waals surface area contributed by atoms with Gasteiger partial charge in [-0.05, 0) is 38.6 Å². The molecule has 2 amide bonds. The molecule has 18 heavy (non-hydrogen) atoms. The zero-order valence-corrected chi connectivity index (χ0v) is 11.4. The Hall–Kier alpha value is -0.810. The molecule has 104 valence electrons. The van der Waals surface area contributed by atoms with Crippen LogP contribution in [0.1, 0.15) is 38.5 Å². The highest BCUT2D eigenvalue weighted by molar-refractivity contribution is 5.91. The van der Waals surface area contributed by atoms with E-state index < -0.39 is 0 Å². The molecule has 0 spiro atoms. The van der Waals surface area contributed by atoms with Crippen LogP contribution in [0, 0.1) is 0 Å². The van der Waals surface area contributed by atoms with Gasteiger partial charge in [0.1, 0.15) is 6.04 Å². The number of likely N-dealkylation sites (tertiary alicyclic amines) is 1. The van der Waals surface area contributed by atoms with Gasteiger partial charge in [0.25, 0.3) is 0 Å². The van der Waals surface area contributed by atoms with Crippen LogP contribution in [0.4, 0.5) is 0 Å². The van der Waals surface area contributed by atoms with E-state index in [2.05, 4.69) is 5.32 Å². The van der Waals surface area contributed by atoms with Crippen LogP contribution in [-0.2, 0) is 9.59 Å². The molecule has 0 radical (unpaired) electrons. The van der Waals surface area contributed by atoms with E-state index in [9.17, 15) is 9.59 Å². The molecule has 2 rings (SSSR count). The van der Waals surface area contributed by atoms with E-state index >= 15 is 0 Å². The molecule has 3 N–H and O–H groups in total. The standard InChI is InChI=1S/C12H21N3O2.ClH/c13-7-6-9-3-1-2-8-15(9)12(17)10-4-5-11(16)14-10;/h9-10H,1-8,13H2,(H,14,16);1H/t9?,10-;/m0./s1. The number of nitrogens with zero attached hydrogens (tertiary/aromatic N) is 1. The molecule has 0 bridgehead atoms. The molecule has 0 aromatic carbocycles. The SMILES string of the molecule is Cl.NCCC1CCCCN1C(=O)[C@@H]1CCC(=O)N1. The van der Waals surface area contributed by atoms with Crippen molar-refractivity contribution in [1.82, 2.24) is 10.2 Å². The first-order valence-electron chi connectivity index (χ1n) is 6.52. The average Bonchev–Trinajstić information content (AvgIpc) is 2.76. The van der Waals surface area contributed by atoms with Crippen molar-refractivity contribution in [3.8, 4) is 0 Å². The minimum Gasteiger partial charge on any atom is -0.344 e. The van der Waals surface area contributed by atoms with Crippen molar-refractivity contribution in [3.05, 3.63) is 0 Å². The summed E-state index contributed by atoms with van der Waals surface area (Å²) in [6, 6.07) is -0.0142. The van der Waals surface area contributed by atoms with Gasteiger partial charge >= 0.3 is 0 Å². The molecule has 0 saturated carbocycles. The van der Waals surface area contributed by atoms with Crippen LogP contribution in [0.25, 0.3) is 0 Å². The monoisotopic (exact) mass is 275 g/mol. The fraction of sp³-hybridized carbons (Fsp3) is 0.833. The lowest BCUT2D eigenvalue weighted by Gasteiger charge is -2.37. The molecule has 2 saturated heterocycles. The largest absolute Gasteiger partial charge is 0.344 e. The Labute approximate surface area is 114 Å². The third kappa shape index (κ3) is 3.36. The maximum absolute atomic E-state index is 12.3. The van der Waals surface area contributed by atoms with E-state index in [4.69, 9.17) is 5.73 Å². The minimum atomic E-state index is -0.291. The summed E-state index contributed by atoms with van der Waals surface area (Å²) in [5, 5.41) is 2.75. The molecule has 0 aromatic rings. The second-order valence-corrected chi connectivity index (χ2v) is 4.92. The van der Waals surface area contributed by atoms with Crippen LogP contribution < -0.4 is 11.1 Å². The van der Waals surface area contributed by atoms with Gasteiger partial charge in [-0.3, -0.25) is 9.59 Å². The molecule has 2 aliphatic heterocycles. The Bertz CT molecular complexity index is 310. The number of hydrogen-bond acceptors (Lipinski definition) is 3. The van der Waals surface area contributed by atoms with E-state index in [-0.39, 0.29) is 36.3 Å². The van der Waals surface area contributed by atoms with Crippen LogP contribution in [-0.4, -0.2) is 41.9 Å². The first-order chi connectivity index (χ1) is 8.22. The second kappa shape index (κ2) is 6.95. The fourth-order valence-corrected chi connectivity index (χ4v) is 2.78. The van der Waals surface area contributed by atoms with Crippen LogP contribution in [0.15, 0.2) is 0 Å². The van der Waals surface area contributed by atoms with Crippen LogP contribution in [0.5, 0.6) is 0 Å². The summed E-state index contributed by atoms with van der Waals surface area (Å²) < 4.78 is 0. The molecule has 2 atom stereocenters. The quantitative estimate of drug-likeness (QED) is 0.784. The van der Waals surface area contributed by atoms with Crippen LogP contribution in [0.3, 0.4) is 0 Å². The number of hydrogen-bond donors (Lipinski definition) is 2. The van der Waals surface area contributed by atoms with Gasteiger partial charge in [-0.15, -0.1) is 12.4 Å². The lowest BCUT2D eigenvalue weighted by Crippen LogP contribution is -2.51. The lowest BCUT2D eigenvalue weighted by atomic mass is 9.98. The van der Waals surface area contributed by atoms with Crippen molar-refractivity contribution >= 4 is 24.2 Å². The Morgan fingerprint density at radius 1 is 1.39 bits per heavy atom. The summed E-state index contributed by atoms with van der Waals surface area (Å²) in [5.41, 5.74) is 5.59. The Balaban J connectivity index is 0.00000162. The third-order valence-electron chi connectivity index (χ3n) is 3.70. The molecular formula is C12H22ClN3O2. The first kappa shape index (κ1) is 15.2. The highest BCUT2D eigenvalue weighted by Gasteiger charge is 2.34. The Kier molecular flexibility index (Phi) is 5.88. The molecule has 1 unspecified atom stereocenters. The predicted octanol–water partition coefficient (Wildman–Crippen LogP) is 0.417. The average molecular weight is 276 g/mol. The summed E-state index contributed by atoms with van der Waals surface area (Å²) in [4.78, 5) is 25.4. The topological polar surface area (TPSA) is 75.4 Å². The van der Waals surface area contributed by atoms with Gasteiger partial charge in [-0.2, -0.15) is 0 Å². The minimum absolute atomic E-state index is 0. The van der Waals surface area contributed by atoms with E-state index in [1.165, 1.54) is 6.42 Å². The zero-order chi connectivity index (χ0) is 12.3. The normalized spacial score (nSPS) is 27.6. The van der Waals surface area contributed by atoms with E-state index in [0.717, 1.165) is 25.8 Å². The van der Waals surface area contributed by atoms with Crippen molar-refractivity contribution in [2.24, 2.45) is 5.73 Å². The maximum atomic E-state index is 12.3. The number of carbonyl (C=O) groups is 2. The Morgan fingerprint density at radius 3 is 2.78 bits per heavy atom. The number of piperidine rings is 1. The molecule has 0 aliphatic carbocycles. The maximum Gasteiger partial charge on any atom is 0.245 e. The molecular weight excluding hydrogens is 254 g/mol.